The molecule has 0 bridgehead atoms. The van der Waals surface area contributed by atoms with Crippen molar-refractivity contribution in [1.82, 2.24) is 35.0 Å². The van der Waals surface area contributed by atoms with Crippen LogP contribution in [0.2, 0.25) is 0 Å². The van der Waals surface area contributed by atoms with Crippen molar-refractivity contribution < 1.29 is 9.18 Å². The van der Waals surface area contributed by atoms with Gasteiger partial charge in [0.25, 0.3) is 5.91 Å². The third-order valence-electron chi connectivity index (χ3n) is 6.90. The van der Waals surface area contributed by atoms with Crippen molar-refractivity contribution >= 4 is 17.1 Å². The van der Waals surface area contributed by atoms with Crippen LogP contribution in [0.1, 0.15) is 53.5 Å². The van der Waals surface area contributed by atoms with E-state index in [1.807, 2.05) is 24.4 Å². The molecule has 9 heteroatoms. The first-order chi connectivity index (χ1) is 18.1. The molecule has 1 amide bonds. The Labute approximate surface area is 213 Å². The number of amides is 1. The van der Waals surface area contributed by atoms with Crippen LogP contribution in [0, 0.1) is 5.82 Å². The molecule has 3 heterocycles. The maximum atomic E-state index is 13.2. The first-order valence-corrected chi connectivity index (χ1v) is 12.5. The molecule has 0 spiro atoms. The van der Waals surface area contributed by atoms with Crippen LogP contribution in [-0.4, -0.2) is 42.2 Å². The number of hydrogen-bond donors (Lipinski definition) is 2. The number of rotatable bonds is 7. The van der Waals surface area contributed by atoms with E-state index in [2.05, 4.69) is 36.4 Å². The van der Waals surface area contributed by atoms with Gasteiger partial charge in [0.1, 0.15) is 23.5 Å². The van der Waals surface area contributed by atoms with Crippen LogP contribution in [0.15, 0.2) is 67.3 Å². The Morgan fingerprint density at radius 1 is 1.08 bits per heavy atom. The maximum absolute atomic E-state index is 13.2. The average molecular weight is 496 g/mol. The average Bonchev–Trinajstić information content (AvgIpc) is 3.69. The molecule has 1 aliphatic carbocycles. The lowest BCUT2D eigenvalue weighted by atomic mass is 10.0. The smallest absolute Gasteiger partial charge is 0.272 e. The second-order valence-corrected chi connectivity index (χ2v) is 9.38. The summed E-state index contributed by atoms with van der Waals surface area (Å²) in [4.78, 5) is 29.4. The number of imidazole rings is 1. The minimum atomic E-state index is -0.279. The van der Waals surface area contributed by atoms with Crippen molar-refractivity contribution in [2.24, 2.45) is 0 Å². The normalized spacial score (nSPS) is 13.9. The van der Waals surface area contributed by atoms with Crippen molar-refractivity contribution in [3.8, 4) is 16.8 Å². The van der Waals surface area contributed by atoms with E-state index >= 15 is 0 Å². The molecule has 8 nitrogen and oxygen atoms in total. The fourth-order valence-corrected chi connectivity index (χ4v) is 4.93. The summed E-state index contributed by atoms with van der Waals surface area (Å²) in [6.45, 7) is 0.465. The van der Waals surface area contributed by atoms with Gasteiger partial charge in [-0.1, -0.05) is 37.1 Å². The number of nitrogens with one attached hydrogen (secondary N) is 2. The number of fused-ring (bicyclic) bond motifs is 1. The molecule has 0 unspecified atom stereocenters. The number of nitrogens with zero attached hydrogens (tertiary/aromatic N) is 5. The van der Waals surface area contributed by atoms with Gasteiger partial charge in [0.2, 0.25) is 0 Å². The van der Waals surface area contributed by atoms with E-state index in [0.29, 0.717) is 35.7 Å². The molecule has 1 saturated carbocycles. The van der Waals surface area contributed by atoms with Crippen LogP contribution in [0.5, 0.6) is 0 Å². The van der Waals surface area contributed by atoms with Crippen molar-refractivity contribution in [2.75, 3.05) is 6.54 Å². The van der Waals surface area contributed by atoms with Crippen LogP contribution >= 0.6 is 0 Å². The molecular formula is C28H26FN7O. The largest absolute Gasteiger partial charge is 0.350 e. The molecule has 186 valence electrons. The van der Waals surface area contributed by atoms with E-state index in [4.69, 9.17) is 0 Å². The summed E-state index contributed by atoms with van der Waals surface area (Å²) >= 11 is 0. The zero-order valence-corrected chi connectivity index (χ0v) is 20.2. The number of aromatic amines is 1. The Morgan fingerprint density at radius 3 is 2.76 bits per heavy atom. The van der Waals surface area contributed by atoms with Gasteiger partial charge < -0.3 is 10.3 Å². The first kappa shape index (κ1) is 23.0. The highest BCUT2D eigenvalue weighted by atomic mass is 19.1. The van der Waals surface area contributed by atoms with E-state index in [9.17, 15) is 9.18 Å². The van der Waals surface area contributed by atoms with Crippen molar-refractivity contribution in [1.29, 1.82) is 0 Å². The molecule has 0 atom stereocenters. The second-order valence-electron chi connectivity index (χ2n) is 9.38. The van der Waals surface area contributed by atoms with Crippen LogP contribution in [0.3, 0.4) is 0 Å². The summed E-state index contributed by atoms with van der Waals surface area (Å²) in [5, 5.41) is 7.39. The zero-order valence-electron chi connectivity index (χ0n) is 20.2. The molecule has 0 radical (unpaired) electrons. The third kappa shape index (κ3) is 4.84. The zero-order chi connectivity index (χ0) is 25.2. The number of benzene rings is 2. The van der Waals surface area contributed by atoms with Crippen LogP contribution < -0.4 is 5.32 Å². The van der Waals surface area contributed by atoms with Crippen LogP contribution in [0.4, 0.5) is 4.39 Å². The molecule has 1 fully saturated rings. The lowest BCUT2D eigenvalue weighted by Gasteiger charge is -2.07. The first-order valence-electron chi connectivity index (χ1n) is 12.5. The molecule has 3 aromatic heterocycles. The predicted molar refractivity (Wildman–Crippen MR) is 138 cm³/mol. The van der Waals surface area contributed by atoms with E-state index in [1.165, 1.54) is 31.3 Å². The number of aromatic nitrogens is 6. The van der Waals surface area contributed by atoms with Gasteiger partial charge >= 0.3 is 0 Å². The van der Waals surface area contributed by atoms with Gasteiger partial charge in [-0.05, 0) is 54.7 Å². The van der Waals surface area contributed by atoms with E-state index in [1.54, 1.807) is 23.0 Å². The quantitative estimate of drug-likeness (QED) is 0.332. The maximum Gasteiger partial charge on any atom is 0.272 e. The standard InChI is InChI=1S/C28H26FN7O/c29-22-8-10-23(11-9-22)36-16-21(15-33-36)20-7-3-4-18(14-20)12-13-30-28(37)25-24-27(32-17-31-25)35-26(34-24)19-5-1-2-6-19/h3-4,7-11,14-17,19H,1-2,5-6,12-13H2,(H,30,37)(H,31,32,34,35). The fraction of sp³-hybridized carbons (Fsp3) is 0.250. The van der Waals surface area contributed by atoms with E-state index in [0.717, 1.165) is 41.0 Å². The van der Waals surface area contributed by atoms with Gasteiger partial charge in [-0.2, -0.15) is 5.10 Å². The summed E-state index contributed by atoms with van der Waals surface area (Å²) < 4.78 is 14.9. The molecule has 37 heavy (non-hydrogen) atoms. The Morgan fingerprint density at radius 2 is 1.92 bits per heavy atom. The highest BCUT2D eigenvalue weighted by Gasteiger charge is 2.23. The lowest BCUT2D eigenvalue weighted by molar-refractivity contribution is 0.0950. The van der Waals surface area contributed by atoms with Gasteiger partial charge in [0, 0.05) is 24.2 Å². The molecule has 0 saturated heterocycles. The molecular weight excluding hydrogens is 469 g/mol. The Hall–Kier alpha value is -4.40. The van der Waals surface area contributed by atoms with Gasteiger partial charge in [0.15, 0.2) is 11.3 Å². The Bertz CT molecular complexity index is 1550. The summed E-state index contributed by atoms with van der Waals surface area (Å²) in [6, 6.07) is 14.3. The summed E-state index contributed by atoms with van der Waals surface area (Å²) in [6.07, 6.45) is 10.4. The highest BCUT2D eigenvalue weighted by Crippen LogP contribution is 2.33. The number of hydrogen-bond acceptors (Lipinski definition) is 5. The minimum Gasteiger partial charge on any atom is -0.350 e. The number of H-pyrrole nitrogens is 1. The predicted octanol–water partition coefficient (Wildman–Crippen LogP) is 4.97. The van der Waals surface area contributed by atoms with E-state index in [-0.39, 0.29) is 11.7 Å². The summed E-state index contributed by atoms with van der Waals surface area (Å²) in [7, 11) is 0. The monoisotopic (exact) mass is 495 g/mol. The summed E-state index contributed by atoms with van der Waals surface area (Å²) in [5.41, 5.74) is 5.31. The molecule has 2 aromatic carbocycles. The van der Waals surface area contributed by atoms with Gasteiger partial charge in [-0.15, -0.1) is 0 Å². The number of carbonyl (C=O) groups is 1. The molecule has 6 rings (SSSR count). The molecule has 2 N–H and O–H groups in total. The molecule has 5 aromatic rings. The summed E-state index contributed by atoms with van der Waals surface area (Å²) in [5.74, 6) is 0.783. The topological polar surface area (TPSA) is 101 Å². The Kier molecular flexibility index (Phi) is 6.18. The van der Waals surface area contributed by atoms with Crippen LogP contribution in [0.25, 0.3) is 28.0 Å². The van der Waals surface area contributed by atoms with Gasteiger partial charge in [-0.3, -0.25) is 4.79 Å². The molecule has 0 aliphatic heterocycles. The van der Waals surface area contributed by atoms with Crippen molar-refractivity contribution in [3.05, 3.63) is 90.2 Å². The fourth-order valence-electron chi connectivity index (χ4n) is 4.93. The number of carbonyl (C=O) groups excluding carboxylic acids is 1. The Balaban J connectivity index is 1.11. The lowest BCUT2D eigenvalue weighted by Crippen LogP contribution is -2.27. The molecule has 1 aliphatic rings. The number of halogens is 1. The van der Waals surface area contributed by atoms with E-state index < -0.39 is 0 Å². The van der Waals surface area contributed by atoms with Crippen molar-refractivity contribution in [2.45, 2.75) is 38.0 Å². The minimum absolute atomic E-state index is 0.245. The van der Waals surface area contributed by atoms with Gasteiger partial charge in [0.05, 0.1) is 11.9 Å². The highest BCUT2D eigenvalue weighted by molar-refractivity contribution is 6.02. The second kappa shape index (κ2) is 9.93. The third-order valence-corrected chi connectivity index (χ3v) is 6.90. The van der Waals surface area contributed by atoms with Gasteiger partial charge in [-0.25, -0.2) is 24.0 Å². The van der Waals surface area contributed by atoms with Crippen molar-refractivity contribution in [3.63, 3.8) is 0 Å². The SMILES string of the molecule is O=C(NCCc1cccc(-c2cnn(-c3ccc(F)cc3)c2)c1)c1ncnc2nc(C3CCCC3)[nH]c12. The van der Waals surface area contributed by atoms with Crippen LogP contribution in [-0.2, 0) is 6.42 Å².